The van der Waals surface area contributed by atoms with Gasteiger partial charge in [0.15, 0.2) is 5.69 Å². The SMILES string of the molecule is CCCCCNc1c(C(=O)O)nnc2ccccc12. The Balaban J connectivity index is 2.35. The number of fused-ring (bicyclic) bond motifs is 1. The molecular weight excluding hydrogens is 242 g/mol. The Kier molecular flexibility index (Phi) is 4.28. The average Bonchev–Trinajstić information content (AvgIpc) is 2.43. The summed E-state index contributed by atoms with van der Waals surface area (Å²) in [6.45, 7) is 2.87. The summed E-state index contributed by atoms with van der Waals surface area (Å²) < 4.78 is 0. The molecule has 100 valence electrons. The van der Waals surface area contributed by atoms with Crippen molar-refractivity contribution >= 4 is 22.6 Å². The summed E-state index contributed by atoms with van der Waals surface area (Å²) in [5.41, 5.74) is 1.25. The van der Waals surface area contributed by atoms with Gasteiger partial charge in [0.1, 0.15) is 0 Å². The van der Waals surface area contributed by atoms with Crippen molar-refractivity contribution in [3.63, 3.8) is 0 Å². The molecule has 1 aromatic heterocycles. The summed E-state index contributed by atoms with van der Waals surface area (Å²) in [5.74, 6) is -1.06. The van der Waals surface area contributed by atoms with E-state index in [9.17, 15) is 9.90 Å². The van der Waals surface area contributed by atoms with Crippen LogP contribution in [0, 0.1) is 0 Å². The number of carboxylic acids is 1. The largest absolute Gasteiger partial charge is 0.476 e. The predicted molar refractivity (Wildman–Crippen MR) is 74.5 cm³/mol. The molecule has 19 heavy (non-hydrogen) atoms. The van der Waals surface area contributed by atoms with Crippen LogP contribution in [0.1, 0.15) is 36.7 Å². The molecule has 0 unspecified atom stereocenters. The van der Waals surface area contributed by atoms with E-state index < -0.39 is 5.97 Å². The maximum Gasteiger partial charge on any atom is 0.358 e. The summed E-state index contributed by atoms with van der Waals surface area (Å²) in [6, 6.07) is 7.41. The first-order valence-corrected chi connectivity index (χ1v) is 6.46. The molecule has 0 radical (unpaired) electrons. The Morgan fingerprint density at radius 1 is 1.26 bits per heavy atom. The maximum atomic E-state index is 11.2. The first-order chi connectivity index (χ1) is 9.24. The maximum absolute atomic E-state index is 11.2. The number of aromatic carboxylic acids is 1. The molecule has 0 aliphatic carbocycles. The second-order valence-corrected chi connectivity index (χ2v) is 4.38. The lowest BCUT2D eigenvalue weighted by Crippen LogP contribution is -2.11. The van der Waals surface area contributed by atoms with Crippen LogP contribution in [0.25, 0.3) is 10.9 Å². The van der Waals surface area contributed by atoms with E-state index in [0.717, 1.165) is 31.2 Å². The Labute approximate surface area is 111 Å². The van der Waals surface area contributed by atoms with Gasteiger partial charge in [0, 0.05) is 11.9 Å². The van der Waals surface area contributed by atoms with Crippen LogP contribution >= 0.6 is 0 Å². The second-order valence-electron chi connectivity index (χ2n) is 4.38. The molecule has 0 bridgehead atoms. The van der Waals surface area contributed by atoms with E-state index >= 15 is 0 Å². The van der Waals surface area contributed by atoms with E-state index in [1.165, 1.54) is 0 Å². The van der Waals surface area contributed by atoms with E-state index in [0.29, 0.717) is 11.2 Å². The quantitative estimate of drug-likeness (QED) is 0.780. The first kappa shape index (κ1) is 13.3. The number of hydrogen-bond donors (Lipinski definition) is 2. The van der Waals surface area contributed by atoms with Gasteiger partial charge in [-0.1, -0.05) is 38.0 Å². The number of hydrogen-bond acceptors (Lipinski definition) is 4. The summed E-state index contributed by atoms with van der Waals surface area (Å²) in [5, 5.41) is 20.9. The lowest BCUT2D eigenvalue weighted by molar-refractivity contribution is 0.0690. The molecular formula is C14H17N3O2. The lowest BCUT2D eigenvalue weighted by atomic mass is 10.1. The van der Waals surface area contributed by atoms with Crippen molar-refractivity contribution in [3.8, 4) is 0 Å². The summed E-state index contributed by atoms with van der Waals surface area (Å²) >= 11 is 0. The Morgan fingerprint density at radius 2 is 2.05 bits per heavy atom. The zero-order chi connectivity index (χ0) is 13.7. The molecule has 0 atom stereocenters. The molecule has 0 saturated heterocycles. The number of nitrogens with zero attached hydrogens (tertiary/aromatic N) is 2. The van der Waals surface area contributed by atoms with Crippen molar-refractivity contribution in [1.29, 1.82) is 0 Å². The van der Waals surface area contributed by atoms with Crippen LogP contribution in [-0.2, 0) is 0 Å². The van der Waals surface area contributed by atoms with E-state index in [4.69, 9.17) is 0 Å². The molecule has 5 nitrogen and oxygen atoms in total. The van der Waals surface area contributed by atoms with E-state index in [2.05, 4.69) is 22.4 Å². The molecule has 1 aromatic carbocycles. The number of carboxylic acid groups (broad SMARTS) is 1. The highest BCUT2D eigenvalue weighted by atomic mass is 16.4. The van der Waals surface area contributed by atoms with Crippen LogP contribution in [0.5, 0.6) is 0 Å². The fraction of sp³-hybridized carbons (Fsp3) is 0.357. The average molecular weight is 259 g/mol. The summed E-state index contributed by atoms with van der Waals surface area (Å²) in [7, 11) is 0. The topological polar surface area (TPSA) is 75.1 Å². The van der Waals surface area contributed by atoms with Crippen LogP contribution in [0.3, 0.4) is 0 Å². The number of unbranched alkanes of at least 4 members (excludes halogenated alkanes) is 2. The normalized spacial score (nSPS) is 10.6. The molecule has 5 heteroatoms. The van der Waals surface area contributed by atoms with Gasteiger partial charge in [0.2, 0.25) is 0 Å². The van der Waals surface area contributed by atoms with Gasteiger partial charge in [-0.2, -0.15) is 0 Å². The van der Waals surface area contributed by atoms with Gasteiger partial charge in [-0.15, -0.1) is 10.2 Å². The molecule has 2 N–H and O–H groups in total. The molecule has 0 amide bonds. The summed E-state index contributed by atoms with van der Waals surface area (Å²) in [6.07, 6.45) is 3.25. The lowest BCUT2D eigenvalue weighted by Gasteiger charge is -2.11. The van der Waals surface area contributed by atoms with Crippen molar-refractivity contribution in [2.75, 3.05) is 11.9 Å². The van der Waals surface area contributed by atoms with Crippen LogP contribution in [0.15, 0.2) is 24.3 Å². The van der Waals surface area contributed by atoms with Gasteiger partial charge in [0.05, 0.1) is 11.2 Å². The molecule has 2 rings (SSSR count). The number of nitrogens with one attached hydrogen (secondary N) is 1. The first-order valence-electron chi connectivity index (χ1n) is 6.46. The van der Waals surface area contributed by atoms with Crippen molar-refractivity contribution in [2.45, 2.75) is 26.2 Å². The minimum absolute atomic E-state index is 0.0183. The van der Waals surface area contributed by atoms with Crippen molar-refractivity contribution in [2.24, 2.45) is 0 Å². The number of carbonyl (C=O) groups is 1. The number of rotatable bonds is 6. The van der Waals surface area contributed by atoms with Crippen molar-refractivity contribution in [3.05, 3.63) is 30.0 Å². The molecule has 0 fully saturated rings. The number of aromatic nitrogens is 2. The van der Waals surface area contributed by atoms with Crippen LogP contribution in [-0.4, -0.2) is 27.8 Å². The van der Waals surface area contributed by atoms with Gasteiger partial charge >= 0.3 is 5.97 Å². The summed E-state index contributed by atoms with van der Waals surface area (Å²) in [4.78, 5) is 11.2. The van der Waals surface area contributed by atoms with E-state index in [1.54, 1.807) is 0 Å². The van der Waals surface area contributed by atoms with Gasteiger partial charge in [-0.25, -0.2) is 4.79 Å². The molecule has 0 saturated carbocycles. The zero-order valence-corrected chi connectivity index (χ0v) is 10.9. The Morgan fingerprint density at radius 3 is 2.79 bits per heavy atom. The second kappa shape index (κ2) is 6.13. The van der Waals surface area contributed by atoms with Gasteiger partial charge < -0.3 is 10.4 Å². The molecule has 1 heterocycles. The predicted octanol–water partition coefficient (Wildman–Crippen LogP) is 2.93. The third-order valence-electron chi connectivity index (χ3n) is 2.95. The fourth-order valence-electron chi connectivity index (χ4n) is 1.97. The minimum atomic E-state index is -1.06. The van der Waals surface area contributed by atoms with Crippen LogP contribution < -0.4 is 5.32 Å². The van der Waals surface area contributed by atoms with Crippen LogP contribution in [0.2, 0.25) is 0 Å². The highest BCUT2D eigenvalue weighted by Gasteiger charge is 2.15. The monoisotopic (exact) mass is 259 g/mol. The standard InChI is InChI=1S/C14H17N3O2/c1-2-3-6-9-15-12-10-7-4-5-8-11(10)16-17-13(12)14(18)19/h4-5,7-8H,2-3,6,9H2,1H3,(H,15,16)(H,18,19). The van der Waals surface area contributed by atoms with Gasteiger partial charge in [-0.3, -0.25) is 0 Å². The Bertz CT molecular complexity index is 584. The fourth-order valence-corrected chi connectivity index (χ4v) is 1.97. The van der Waals surface area contributed by atoms with Crippen molar-refractivity contribution in [1.82, 2.24) is 10.2 Å². The highest BCUT2D eigenvalue weighted by Crippen LogP contribution is 2.24. The minimum Gasteiger partial charge on any atom is -0.476 e. The molecule has 2 aromatic rings. The number of anilines is 1. The van der Waals surface area contributed by atoms with E-state index in [1.807, 2.05) is 24.3 Å². The highest BCUT2D eigenvalue weighted by molar-refractivity contribution is 6.02. The third kappa shape index (κ3) is 2.99. The molecule has 0 aliphatic heterocycles. The molecule has 0 spiro atoms. The smallest absolute Gasteiger partial charge is 0.358 e. The zero-order valence-electron chi connectivity index (χ0n) is 10.9. The molecule has 0 aliphatic rings. The van der Waals surface area contributed by atoms with Gasteiger partial charge in [-0.05, 0) is 12.5 Å². The Hall–Kier alpha value is -2.17. The van der Waals surface area contributed by atoms with Crippen molar-refractivity contribution < 1.29 is 9.90 Å². The van der Waals surface area contributed by atoms with E-state index in [-0.39, 0.29) is 5.69 Å². The number of benzene rings is 1. The van der Waals surface area contributed by atoms with Crippen LogP contribution in [0.4, 0.5) is 5.69 Å². The van der Waals surface area contributed by atoms with Gasteiger partial charge in [0.25, 0.3) is 0 Å². The third-order valence-corrected chi connectivity index (χ3v) is 2.95.